The molecule has 0 radical (unpaired) electrons. The fraction of sp³-hybridized carbons (Fsp3) is 0.417. The van der Waals surface area contributed by atoms with Crippen LogP contribution in [-0.4, -0.2) is 38.6 Å². The van der Waals surface area contributed by atoms with Crippen LogP contribution in [0.3, 0.4) is 0 Å². The number of aliphatic hydroxyl groups is 1. The van der Waals surface area contributed by atoms with Crippen molar-refractivity contribution in [3.8, 4) is 0 Å². The second-order valence-corrected chi connectivity index (χ2v) is 5.77. The predicted octanol–water partition coefficient (Wildman–Crippen LogP) is -0.148. The lowest BCUT2D eigenvalue weighted by Crippen LogP contribution is -2.39. The Morgan fingerprint density at radius 3 is 2.53 bits per heavy atom. The van der Waals surface area contributed by atoms with Crippen molar-refractivity contribution in [3.63, 3.8) is 0 Å². The first-order chi connectivity index (χ1) is 8.95. The van der Waals surface area contributed by atoms with E-state index in [4.69, 9.17) is 0 Å². The summed E-state index contributed by atoms with van der Waals surface area (Å²) in [6.45, 7) is 1.55. The Kier molecular flexibility index (Phi) is 5.94. The molecule has 1 aromatic carbocycles. The second kappa shape index (κ2) is 7.22. The third kappa shape index (κ3) is 5.37. The second-order valence-electron chi connectivity index (χ2n) is 4.00. The molecule has 0 saturated heterocycles. The molecule has 0 aliphatic rings. The van der Waals surface area contributed by atoms with E-state index < -0.39 is 22.0 Å². The lowest BCUT2D eigenvalue weighted by atomic mass is 10.3. The van der Waals surface area contributed by atoms with Crippen LogP contribution >= 0.6 is 0 Å². The van der Waals surface area contributed by atoms with Crippen LogP contribution < -0.4 is 10.0 Å². The highest BCUT2D eigenvalue weighted by Crippen LogP contribution is 2.06. The van der Waals surface area contributed by atoms with Gasteiger partial charge < -0.3 is 10.4 Å². The Morgan fingerprint density at radius 2 is 1.95 bits per heavy atom. The molecule has 1 amide bonds. The van der Waals surface area contributed by atoms with Gasteiger partial charge in [0.25, 0.3) is 0 Å². The predicted molar refractivity (Wildman–Crippen MR) is 70.9 cm³/mol. The summed E-state index contributed by atoms with van der Waals surface area (Å²) in [5.74, 6) is -0.480. The Bertz CT molecular complexity index is 502. The van der Waals surface area contributed by atoms with Crippen molar-refractivity contribution in [1.82, 2.24) is 10.0 Å². The van der Waals surface area contributed by atoms with E-state index >= 15 is 0 Å². The first-order valence-corrected chi connectivity index (χ1v) is 7.43. The van der Waals surface area contributed by atoms with E-state index in [1.807, 2.05) is 0 Å². The molecule has 0 heterocycles. The van der Waals surface area contributed by atoms with Crippen LogP contribution in [0.15, 0.2) is 35.2 Å². The third-order valence-corrected chi connectivity index (χ3v) is 3.90. The summed E-state index contributed by atoms with van der Waals surface area (Å²) in [6.07, 6.45) is -0.0922. The van der Waals surface area contributed by atoms with E-state index in [0.29, 0.717) is 6.42 Å². The summed E-state index contributed by atoms with van der Waals surface area (Å²) in [6, 6.07) is 7.80. The minimum Gasteiger partial charge on any atom is -0.391 e. The van der Waals surface area contributed by atoms with Gasteiger partial charge in [0.2, 0.25) is 15.9 Å². The maximum Gasteiger partial charge on any atom is 0.241 e. The number of benzene rings is 1. The average Bonchev–Trinajstić information content (AvgIpc) is 2.43. The molecule has 0 spiro atoms. The zero-order chi connectivity index (χ0) is 14.3. The SMILES string of the molecule is CCC(O)CNC(=O)CNS(=O)(=O)c1ccccc1. The average molecular weight is 286 g/mol. The highest BCUT2D eigenvalue weighted by molar-refractivity contribution is 7.89. The van der Waals surface area contributed by atoms with E-state index in [9.17, 15) is 18.3 Å². The van der Waals surface area contributed by atoms with Crippen molar-refractivity contribution >= 4 is 15.9 Å². The molecule has 0 aliphatic carbocycles. The minimum absolute atomic E-state index is 0.108. The van der Waals surface area contributed by atoms with Gasteiger partial charge in [0.05, 0.1) is 17.5 Å². The highest BCUT2D eigenvalue weighted by Gasteiger charge is 2.14. The fourth-order valence-corrected chi connectivity index (χ4v) is 2.29. The van der Waals surface area contributed by atoms with Gasteiger partial charge >= 0.3 is 0 Å². The minimum atomic E-state index is -3.67. The molecule has 7 heteroatoms. The molecule has 1 rings (SSSR count). The molecule has 0 aliphatic heterocycles. The smallest absolute Gasteiger partial charge is 0.241 e. The van der Waals surface area contributed by atoms with Crippen molar-refractivity contribution < 1.29 is 18.3 Å². The largest absolute Gasteiger partial charge is 0.391 e. The van der Waals surface area contributed by atoms with Crippen LogP contribution in [-0.2, 0) is 14.8 Å². The van der Waals surface area contributed by atoms with Crippen LogP contribution in [0.4, 0.5) is 0 Å². The topological polar surface area (TPSA) is 95.5 Å². The number of hydrogen-bond donors (Lipinski definition) is 3. The van der Waals surface area contributed by atoms with Crippen LogP contribution in [0.1, 0.15) is 13.3 Å². The van der Waals surface area contributed by atoms with Crippen molar-refractivity contribution in [2.24, 2.45) is 0 Å². The molecule has 0 saturated carbocycles. The van der Waals surface area contributed by atoms with E-state index in [0.717, 1.165) is 0 Å². The number of aliphatic hydroxyl groups excluding tert-OH is 1. The standard InChI is InChI=1S/C12H18N2O4S/c1-2-10(15)8-13-12(16)9-14-19(17,18)11-6-4-3-5-7-11/h3-7,10,14-15H,2,8-9H2,1H3,(H,13,16). The van der Waals surface area contributed by atoms with Crippen LogP contribution in [0.2, 0.25) is 0 Å². The summed E-state index contributed by atoms with van der Waals surface area (Å²) < 4.78 is 25.8. The number of carbonyl (C=O) groups is 1. The van der Waals surface area contributed by atoms with Gasteiger partial charge in [-0.05, 0) is 18.6 Å². The summed E-state index contributed by atoms with van der Waals surface area (Å²) in [7, 11) is -3.67. The molecule has 1 aromatic rings. The lowest BCUT2D eigenvalue weighted by molar-refractivity contribution is -0.120. The molecule has 6 nitrogen and oxygen atoms in total. The van der Waals surface area contributed by atoms with E-state index in [-0.39, 0.29) is 18.0 Å². The van der Waals surface area contributed by atoms with Crippen LogP contribution in [0.5, 0.6) is 0 Å². The third-order valence-electron chi connectivity index (χ3n) is 2.48. The van der Waals surface area contributed by atoms with Gasteiger partial charge in [-0.1, -0.05) is 25.1 Å². The first-order valence-electron chi connectivity index (χ1n) is 5.95. The van der Waals surface area contributed by atoms with Gasteiger partial charge in [-0.2, -0.15) is 0 Å². The monoisotopic (exact) mass is 286 g/mol. The summed E-state index contributed by atoms with van der Waals surface area (Å²) in [4.78, 5) is 11.5. The molecule has 1 atom stereocenters. The molecule has 0 fully saturated rings. The Labute approximate surface area is 112 Å². The Balaban J connectivity index is 2.46. The molecule has 106 valence electrons. The van der Waals surface area contributed by atoms with E-state index in [2.05, 4.69) is 10.0 Å². The Hall–Kier alpha value is -1.44. The van der Waals surface area contributed by atoms with Gasteiger partial charge in [0.15, 0.2) is 0 Å². The molecular formula is C12H18N2O4S. The van der Waals surface area contributed by atoms with Crippen LogP contribution in [0, 0.1) is 0 Å². The van der Waals surface area contributed by atoms with Gasteiger partial charge in [-0.3, -0.25) is 4.79 Å². The lowest BCUT2D eigenvalue weighted by Gasteiger charge is -2.10. The molecule has 0 aromatic heterocycles. The number of rotatable bonds is 7. The molecule has 19 heavy (non-hydrogen) atoms. The summed E-state index contributed by atoms with van der Waals surface area (Å²) in [5.41, 5.74) is 0. The molecule has 3 N–H and O–H groups in total. The number of carbonyl (C=O) groups excluding carboxylic acids is 1. The molecule has 1 unspecified atom stereocenters. The maximum atomic E-state index is 11.8. The van der Waals surface area contributed by atoms with Crippen molar-refractivity contribution in [2.45, 2.75) is 24.3 Å². The highest BCUT2D eigenvalue weighted by atomic mass is 32.2. The van der Waals surface area contributed by atoms with Crippen molar-refractivity contribution in [3.05, 3.63) is 30.3 Å². The summed E-state index contributed by atoms with van der Waals surface area (Å²) >= 11 is 0. The zero-order valence-corrected chi connectivity index (χ0v) is 11.5. The van der Waals surface area contributed by atoms with Gasteiger partial charge in [0.1, 0.15) is 0 Å². The van der Waals surface area contributed by atoms with Gasteiger partial charge in [-0.25, -0.2) is 13.1 Å². The van der Waals surface area contributed by atoms with Crippen molar-refractivity contribution in [2.75, 3.05) is 13.1 Å². The Morgan fingerprint density at radius 1 is 1.32 bits per heavy atom. The first kappa shape index (κ1) is 15.6. The van der Waals surface area contributed by atoms with Gasteiger partial charge in [-0.15, -0.1) is 0 Å². The van der Waals surface area contributed by atoms with Crippen molar-refractivity contribution in [1.29, 1.82) is 0 Å². The van der Waals surface area contributed by atoms with E-state index in [1.165, 1.54) is 12.1 Å². The number of sulfonamides is 1. The number of amides is 1. The van der Waals surface area contributed by atoms with Gasteiger partial charge in [0, 0.05) is 6.54 Å². The van der Waals surface area contributed by atoms with E-state index in [1.54, 1.807) is 25.1 Å². The number of hydrogen-bond acceptors (Lipinski definition) is 4. The normalized spacial score (nSPS) is 12.9. The number of nitrogens with one attached hydrogen (secondary N) is 2. The van der Waals surface area contributed by atoms with Crippen LogP contribution in [0.25, 0.3) is 0 Å². The maximum absolute atomic E-state index is 11.8. The molecule has 0 bridgehead atoms. The zero-order valence-electron chi connectivity index (χ0n) is 10.7. The molecular weight excluding hydrogens is 268 g/mol. The summed E-state index contributed by atoms with van der Waals surface area (Å²) in [5, 5.41) is 11.7. The fourth-order valence-electron chi connectivity index (χ4n) is 1.28. The quantitative estimate of drug-likeness (QED) is 0.649.